The second-order valence-corrected chi connectivity index (χ2v) is 7.86. The summed E-state index contributed by atoms with van der Waals surface area (Å²) in [5, 5.41) is 5.28. The normalized spacial score (nSPS) is 15.9. The Balaban J connectivity index is 1.35. The summed E-state index contributed by atoms with van der Waals surface area (Å²) in [4.78, 5) is 22.8. The standard InChI is InChI=1S/C22H24N4OS/c27-21(17-25-12-14-26(15-13-25)20-10-4-5-11-23-20)24-22(19-9-6-16-28-19)18-7-2-1-3-8-18/h1-11,16,22H,12-15,17H2,(H,24,27). The van der Waals surface area contributed by atoms with Crippen molar-refractivity contribution >= 4 is 23.1 Å². The fraction of sp³-hybridized carbons (Fsp3) is 0.273. The molecule has 0 spiro atoms. The molecule has 1 aliphatic rings. The molecule has 0 radical (unpaired) electrons. The smallest absolute Gasteiger partial charge is 0.234 e. The van der Waals surface area contributed by atoms with Crippen LogP contribution in [0.4, 0.5) is 5.82 Å². The van der Waals surface area contributed by atoms with Crippen molar-refractivity contribution in [1.82, 2.24) is 15.2 Å². The van der Waals surface area contributed by atoms with Crippen LogP contribution in [0.1, 0.15) is 16.5 Å². The molecule has 1 unspecified atom stereocenters. The second-order valence-electron chi connectivity index (χ2n) is 6.88. The molecule has 0 aliphatic carbocycles. The molecule has 1 N–H and O–H groups in total. The van der Waals surface area contributed by atoms with Crippen molar-refractivity contribution in [2.45, 2.75) is 6.04 Å². The Morgan fingerprint density at radius 1 is 1.00 bits per heavy atom. The molecule has 3 heterocycles. The minimum Gasteiger partial charge on any atom is -0.354 e. The number of rotatable bonds is 6. The van der Waals surface area contributed by atoms with E-state index in [0.717, 1.165) is 42.4 Å². The lowest BCUT2D eigenvalue weighted by atomic mass is 10.1. The molecule has 1 saturated heterocycles. The number of thiophene rings is 1. The van der Waals surface area contributed by atoms with Crippen molar-refractivity contribution in [3.05, 3.63) is 82.7 Å². The number of anilines is 1. The summed E-state index contributed by atoms with van der Waals surface area (Å²) >= 11 is 1.67. The molecule has 1 aromatic carbocycles. The third-order valence-electron chi connectivity index (χ3n) is 4.98. The molecule has 2 aromatic heterocycles. The van der Waals surface area contributed by atoms with Gasteiger partial charge in [0.25, 0.3) is 0 Å². The van der Waals surface area contributed by atoms with Gasteiger partial charge in [0, 0.05) is 37.3 Å². The monoisotopic (exact) mass is 392 g/mol. The SMILES string of the molecule is O=C(CN1CCN(c2ccccn2)CC1)NC(c1ccccc1)c1cccs1. The van der Waals surface area contributed by atoms with Crippen LogP contribution in [0.15, 0.2) is 72.2 Å². The Morgan fingerprint density at radius 3 is 2.46 bits per heavy atom. The van der Waals surface area contributed by atoms with Gasteiger partial charge in [-0.05, 0) is 29.1 Å². The van der Waals surface area contributed by atoms with Gasteiger partial charge in [0.05, 0.1) is 12.6 Å². The van der Waals surface area contributed by atoms with Crippen molar-refractivity contribution in [3.63, 3.8) is 0 Å². The highest BCUT2D eigenvalue weighted by Crippen LogP contribution is 2.25. The molecular formula is C22H24N4OS. The first kappa shape index (κ1) is 18.7. The van der Waals surface area contributed by atoms with Gasteiger partial charge >= 0.3 is 0 Å². The van der Waals surface area contributed by atoms with E-state index in [-0.39, 0.29) is 11.9 Å². The zero-order valence-electron chi connectivity index (χ0n) is 15.7. The summed E-state index contributed by atoms with van der Waals surface area (Å²) in [5.41, 5.74) is 1.11. The number of carbonyl (C=O) groups excluding carboxylic acids is 1. The fourth-order valence-corrected chi connectivity index (χ4v) is 4.31. The van der Waals surface area contributed by atoms with E-state index in [1.165, 1.54) is 0 Å². The summed E-state index contributed by atoms with van der Waals surface area (Å²) < 4.78 is 0. The molecule has 144 valence electrons. The Bertz CT molecular complexity index is 862. The van der Waals surface area contributed by atoms with Crippen LogP contribution in [-0.2, 0) is 4.79 Å². The van der Waals surface area contributed by atoms with Gasteiger partial charge in [-0.25, -0.2) is 4.98 Å². The van der Waals surface area contributed by atoms with E-state index >= 15 is 0 Å². The molecule has 0 bridgehead atoms. The summed E-state index contributed by atoms with van der Waals surface area (Å²) in [5.74, 6) is 1.07. The third kappa shape index (κ3) is 4.58. The average molecular weight is 393 g/mol. The van der Waals surface area contributed by atoms with Crippen LogP contribution in [0.5, 0.6) is 0 Å². The van der Waals surface area contributed by atoms with Crippen molar-refractivity contribution in [2.24, 2.45) is 0 Å². The highest BCUT2D eigenvalue weighted by molar-refractivity contribution is 7.10. The Hall–Kier alpha value is -2.70. The summed E-state index contributed by atoms with van der Waals surface area (Å²) in [6.45, 7) is 3.91. The van der Waals surface area contributed by atoms with E-state index in [1.54, 1.807) is 11.3 Å². The van der Waals surface area contributed by atoms with Gasteiger partial charge in [-0.2, -0.15) is 0 Å². The molecule has 4 rings (SSSR count). The maximum Gasteiger partial charge on any atom is 0.234 e. The van der Waals surface area contributed by atoms with Crippen molar-refractivity contribution in [2.75, 3.05) is 37.6 Å². The van der Waals surface area contributed by atoms with Crippen molar-refractivity contribution < 1.29 is 4.79 Å². The van der Waals surface area contributed by atoms with Crippen molar-refractivity contribution in [1.29, 1.82) is 0 Å². The predicted molar refractivity (Wildman–Crippen MR) is 114 cm³/mol. The van der Waals surface area contributed by atoms with Crippen LogP contribution in [0.2, 0.25) is 0 Å². The lowest BCUT2D eigenvalue weighted by molar-refractivity contribution is -0.122. The van der Waals surface area contributed by atoms with E-state index in [4.69, 9.17) is 0 Å². The molecule has 1 atom stereocenters. The van der Waals surface area contributed by atoms with Crippen LogP contribution in [0.25, 0.3) is 0 Å². The predicted octanol–water partition coefficient (Wildman–Crippen LogP) is 3.17. The highest BCUT2D eigenvalue weighted by Gasteiger charge is 2.22. The summed E-state index contributed by atoms with van der Waals surface area (Å²) in [6.07, 6.45) is 1.82. The van der Waals surface area contributed by atoms with Gasteiger partial charge < -0.3 is 10.2 Å². The molecule has 1 amide bonds. The number of piperazine rings is 1. The zero-order chi connectivity index (χ0) is 19.2. The zero-order valence-corrected chi connectivity index (χ0v) is 16.5. The number of hydrogen-bond acceptors (Lipinski definition) is 5. The van der Waals surface area contributed by atoms with Gasteiger partial charge in [0.2, 0.25) is 5.91 Å². The third-order valence-corrected chi connectivity index (χ3v) is 5.92. The van der Waals surface area contributed by atoms with E-state index in [2.05, 4.69) is 38.3 Å². The van der Waals surface area contributed by atoms with Crippen LogP contribution < -0.4 is 10.2 Å². The second kappa shape index (κ2) is 8.99. The van der Waals surface area contributed by atoms with Gasteiger partial charge in [-0.3, -0.25) is 9.69 Å². The topological polar surface area (TPSA) is 48.5 Å². The van der Waals surface area contributed by atoms with E-state index in [0.29, 0.717) is 6.54 Å². The number of hydrogen-bond donors (Lipinski definition) is 1. The molecule has 6 heteroatoms. The van der Waals surface area contributed by atoms with Gasteiger partial charge in [0.1, 0.15) is 5.82 Å². The first-order valence-electron chi connectivity index (χ1n) is 9.55. The lowest BCUT2D eigenvalue weighted by Crippen LogP contribution is -2.50. The van der Waals surface area contributed by atoms with Gasteiger partial charge in [-0.15, -0.1) is 11.3 Å². The number of pyridine rings is 1. The van der Waals surface area contributed by atoms with E-state index < -0.39 is 0 Å². The number of benzene rings is 1. The van der Waals surface area contributed by atoms with E-state index in [1.807, 2.05) is 54.0 Å². The quantitative estimate of drug-likeness (QED) is 0.700. The number of nitrogens with one attached hydrogen (secondary N) is 1. The Labute approximate surface area is 169 Å². The molecule has 1 aliphatic heterocycles. The minimum absolute atomic E-state index is 0.0635. The van der Waals surface area contributed by atoms with Crippen LogP contribution in [0.3, 0.4) is 0 Å². The largest absolute Gasteiger partial charge is 0.354 e. The Morgan fingerprint density at radius 2 is 1.79 bits per heavy atom. The number of amides is 1. The molecule has 5 nitrogen and oxygen atoms in total. The lowest BCUT2D eigenvalue weighted by Gasteiger charge is -2.35. The van der Waals surface area contributed by atoms with Gasteiger partial charge in [0.15, 0.2) is 0 Å². The molecule has 0 saturated carbocycles. The maximum absolute atomic E-state index is 12.8. The average Bonchev–Trinajstić information content (AvgIpc) is 3.28. The molecular weight excluding hydrogens is 368 g/mol. The molecule has 1 fully saturated rings. The van der Waals surface area contributed by atoms with Crippen LogP contribution in [0, 0.1) is 0 Å². The maximum atomic E-state index is 12.8. The molecule has 3 aromatic rings. The van der Waals surface area contributed by atoms with Crippen LogP contribution in [-0.4, -0.2) is 48.5 Å². The fourth-order valence-electron chi connectivity index (χ4n) is 3.51. The summed E-state index contributed by atoms with van der Waals surface area (Å²) in [7, 11) is 0. The van der Waals surface area contributed by atoms with Gasteiger partial charge in [-0.1, -0.05) is 42.5 Å². The number of nitrogens with zero attached hydrogens (tertiary/aromatic N) is 3. The first-order chi connectivity index (χ1) is 13.8. The number of carbonyl (C=O) groups is 1. The Kier molecular flexibility index (Phi) is 5.99. The highest BCUT2D eigenvalue weighted by atomic mass is 32.1. The van der Waals surface area contributed by atoms with E-state index in [9.17, 15) is 4.79 Å². The molecule has 28 heavy (non-hydrogen) atoms. The summed E-state index contributed by atoms with van der Waals surface area (Å²) in [6, 6.07) is 20.1. The van der Waals surface area contributed by atoms with Crippen LogP contribution >= 0.6 is 11.3 Å². The number of aromatic nitrogens is 1. The first-order valence-corrected chi connectivity index (χ1v) is 10.4. The van der Waals surface area contributed by atoms with Crippen molar-refractivity contribution in [3.8, 4) is 0 Å². The minimum atomic E-state index is -0.0940.